The second-order valence-electron chi connectivity index (χ2n) is 5.39. The van der Waals surface area contributed by atoms with Crippen molar-refractivity contribution in [3.8, 4) is 0 Å². The predicted octanol–water partition coefficient (Wildman–Crippen LogP) is 1.50. The van der Waals surface area contributed by atoms with Crippen LogP contribution in [-0.2, 0) is 12.8 Å². The number of aryl methyl sites for hydroxylation is 1. The van der Waals surface area contributed by atoms with E-state index in [9.17, 15) is 0 Å². The summed E-state index contributed by atoms with van der Waals surface area (Å²) in [7, 11) is 1.96. The van der Waals surface area contributed by atoms with Crippen LogP contribution in [0.25, 0.3) is 0 Å². The van der Waals surface area contributed by atoms with Crippen molar-refractivity contribution in [3.05, 3.63) is 11.7 Å². The van der Waals surface area contributed by atoms with Crippen molar-refractivity contribution in [2.45, 2.75) is 39.0 Å². The second-order valence-corrected chi connectivity index (χ2v) is 5.39. The Morgan fingerprint density at radius 2 is 2.16 bits per heavy atom. The molecule has 0 atom stereocenters. The van der Waals surface area contributed by atoms with Crippen LogP contribution in [0.3, 0.4) is 0 Å². The summed E-state index contributed by atoms with van der Waals surface area (Å²) in [4.78, 5) is 7.00. The third kappa shape index (κ3) is 4.58. The second kappa shape index (κ2) is 7.60. The van der Waals surface area contributed by atoms with E-state index >= 15 is 0 Å². The number of piperidine rings is 1. The molecule has 1 saturated heterocycles. The first-order valence-electron chi connectivity index (χ1n) is 7.50. The van der Waals surface area contributed by atoms with Crippen molar-refractivity contribution in [2.75, 3.05) is 33.2 Å². The van der Waals surface area contributed by atoms with Gasteiger partial charge in [-0.15, -0.1) is 0 Å². The van der Waals surface area contributed by atoms with Gasteiger partial charge in [0.05, 0.1) is 0 Å². The maximum Gasteiger partial charge on any atom is 0.226 e. The van der Waals surface area contributed by atoms with Gasteiger partial charge in [0, 0.05) is 12.8 Å². The van der Waals surface area contributed by atoms with Gasteiger partial charge in [0.25, 0.3) is 0 Å². The summed E-state index contributed by atoms with van der Waals surface area (Å²) in [5.74, 6) is 2.40. The number of hydrogen-bond donors (Lipinski definition) is 1. The normalized spacial score (nSPS) is 18.0. The molecule has 19 heavy (non-hydrogen) atoms. The fourth-order valence-electron chi connectivity index (χ4n) is 2.65. The molecule has 1 aliphatic heterocycles. The van der Waals surface area contributed by atoms with Crippen molar-refractivity contribution >= 4 is 0 Å². The third-order valence-corrected chi connectivity index (χ3v) is 3.95. The van der Waals surface area contributed by atoms with Crippen LogP contribution in [0.1, 0.15) is 37.9 Å². The van der Waals surface area contributed by atoms with Crippen molar-refractivity contribution in [1.29, 1.82) is 0 Å². The highest BCUT2D eigenvalue weighted by molar-refractivity contribution is 4.89. The van der Waals surface area contributed by atoms with Crippen molar-refractivity contribution in [1.82, 2.24) is 20.4 Å². The highest BCUT2D eigenvalue weighted by Gasteiger charge is 2.20. The third-order valence-electron chi connectivity index (χ3n) is 3.95. The molecule has 0 radical (unpaired) electrons. The maximum absolute atomic E-state index is 5.36. The van der Waals surface area contributed by atoms with E-state index in [2.05, 4.69) is 27.3 Å². The van der Waals surface area contributed by atoms with Gasteiger partial charge in [-0.3, -0.25) is 0 Å². The van der Waals surface area contributed by atoms with Crippen LogP contribution >= 0.6 is 0 Å². The molecule has 1 N–H and O–H groups in total. The lowest BCUT2D eigenvalue weighted by atomic mass is 9.93. The van der Waals surface area contributed by atoms with Crippen LogP contribution in [0.4, 0.5) is 0 Å². The zero-order valence-corrected chi connectivity index (χ0v) is 12.2. The molecule has 1 aromatic rings. The fraction of sp³-hybridized carbons (Fsp3) is 0.857. The van der Waals surface area contributed by atoms with Crippen molar-refractivity contribution in [3.63, 3.8) is 0 Å². The molecular weight excluding hydrogens is 240 g/mol. The number of likely N-dealkylation sites (tertiary alicyclic amines) is 1. The summed E-state index contributed by atoms with van der Waals surface area (Å²) in [6.45, 7) is 6.83. The van der Waals surface area contributed by atoms with E-state index in [1.54, 1.807) is 0 Å². The summed E-state index contributed by atoms with van der Waals surface area (Å²) < 4.78 is 5.36. The summed E-state index contributed by atoms with van der Waals surface area (Å²) in [6, 6.07) is 0. The lowest BCUT2D eigenvalue weighted by molar-refractivity contribution is 0.185. The van der Waals surface area contributed by atoms with Gasteiger partial charge >= 0.3 is 0 Å². The zero-order valence-electron chi connectivity index (χ0n) is 12.2. The van der Waals surface area contributed by atoms with Crippen molar-refractivity contribution < 1.29 is 4.52 Å². The van der Waals surface area contributed by atoms with Crippen LogP contribution < -0.4 is 5.32 Å². The lowest BCUT2D eigenvalue weighted by Gasteiger charge is -2.30. The average Bonchev–Trinajstić information content (AvgIpc) is 2.88. The molecule has 0 bridgehead atoms. The van der Waals surface area contributed by atoms with Gasteiger partial charge in [-0.1, -0.05) is 12.1 Å². The Balaban J connectivity index is 1.74. The monoisotopic (exact) mass is 266 g/mol. The summed E-state index contributed by atoms with van der Waals surface area (Å²) in [5, 5.41) is 7.19. The molecule has 0 unspecified atom stereocenters. The minimum absolute atomic E-state index is 0.716. The van der Waals surface area contributed by atoms with Crippen molar-refractivity contribution in [2.24, 2.45) is 5.92 Å². The standard InChI is InChI=1S/C14H26N4O/c1-3-18-9-6-12(7-10-18)11-14-16-13(17-19-14)5-4-8-15-2/h12,15H,3-11H2,1-2H3. The minimum Gasteiger partial charge on any atom is -0.339 e. The van der Waals surface area contributed by atoms with Crippen LogP contribution in [0.5, 0.6) is 0 Å². The summed E-state index contributed by atoms with van der Waals surface area (Å²) in [6.07, 6.45) is 5.43. The summed E-state index contributed by atoms with van der Waals surface area (Å²) >= 11 is 0. The van der Waals surface area contributed by atoms with E-state index in [1.807, 2.05) is 7.05 Å². The van der Waals surface area contributed by atoms with Crippen LogP contribution in [-0.4, -0.2) is 48.3 Å². The Morgan fingerprint density at radius 3 is 2.84 bits per heavy atom. The molecule has 2 rings (SSSR count). The highest BCUT2D eigenvalue weighted by atomic mass is 16.5. The van der Waals surface area contributed by atoms with Gasteiger partial charge in [0.1, 0.15) is 0 Å². The van der Waals surface area contributed by atoms with Gasteiger partial charge in [-0.2, -0.15) is 4.98 Å². The molecule has 0 amide bonds. The number of hydrogen-bond acceptors (Lipinski definition) is 5. The molecule has 1 aromatic heterocycles. The molecule has 0 spiro atoms. The van der Waals surface area contributed by atoms with E-state index in [-0.39, 0.29) is 0 Å². The van der Waals surface area contributed by atoms with E-state index in [1.165, 1.54) is 32.5 Å². The average molecular weight is 266 g/mol. The van der Waals surface area contributed by atoms with Gasteiger partial charge in [0.15, 0.2) is 5.82 Å². The predicted molar refractivity (Wildman–Crippen MR) is 75.1 cm³/mol. The molecule has 5 heteroatoms. The van der Waals surface area contributed by atoms with Crippen LogP contribution in [0.15, 0.2) is 4.52 Å². The number of aromatic nitrogens is 2. The van der Waals surface area contributed by atoms with E-state index in [4.69, 9.17) is 4.52 Å². The molecule has 5 nitrogen and oxygen atoms in total. The Hall–Kier alpha value is -0.940. The molecule has 1 fully saturated rings. The SMILES string of the molecule is CCN1CCC(Cc2nc(CCCNC)no2)CC1. The smallest absolute Gasteiger partial charge is 0.226 e. The largest absolute Gasteiger partial charge is 0.339 e. The highest BCUT2D eigenvalue weighted by Crippen LogP contribution is 2.20. The minimum atomic E-state index is 0.716. The number of rotatable bonds is 7. The Labute approximate surface area is 115 Å². The summed E-state index contributed by atoms with van der Waals surface area (Å²) in [5.41, 5.74) is 0. The molecular formula is C14H26N4O. The van der Waals surface area contributed by atoms with Gasteiger partial charge in [-0.25, -0.2) is 0 Å². The lowest BCUT2D eigenvalue weighted by Crippen LogP contribution is -2.34. The fourth-order valence-corrected chi connectivity index (χ4v) is 2.65. The van der Waals surface area contributed by atoms with E-state index in [0.29, 0.717) is 5.92 Å². The molecule has 0 aliphatic carbocycles. The topological polar surface area (TPSA) is 54.2 Å². The van der Waals surface area contributed by atoms with Gasteiger partial charge in [0.2, 0.25) is 5.89 Å². The van der Waals surface area contributed by atoms with Crippen LogP contribution in [0.2, 0.25) is 0 Å². The molecule has 0 saturated carbocycles. The van der Waals surface area contributed by atoms with E-state index < -0.39 is 0 Å². The molecule has 108 valence electrons. The van der Waals surface area contributed by atoms with Gasteiger partial charge in [-0.05, 0) is 58.4 Å². The number of nitrogens with zero attached hydrogens (tertiary/aromatic N) is 3. The first-order valence-corrected chi connectivity index (χ1v) is 7.50. The molecule has 2 heterocycles. The van der Waals surface area contributed by atoms with E-state index in [0.717, 1.165) is 37.5 Å². The Kier molecular flexibility index (Phi) is 5.79. The Morgan fingerprint density at radius 1 is 1.37 bits per heavy atom. The van der Waals surface area contributed by atoms with Crippen LogP contribution in [0, 0.1) is 5.92 Å². The molecule has 1 aliphatic rings. The maximum atomic E-state index is 5.36. The molecule has 0 aromatic carbocycles. The van der Waals surface area contributed by atoms with Gasteiger partial charge < -0.3 is 14.7 Å². The quantitative estimate of drug-likeness (QED) is 0.758. The first-order chi connectivity index (χ1) is 9.31. The first kappa shape index (κ1) is 14.5. The Bertz CT molecular complexity index is 358. The zero-order chi connectivity index (χ0) is 13.5. The number of nitrogens with one attached hydrogen (secondary N) is 1.